The minimum Gasteiger partial charge on any atom is -0.492 e. The molecule has 3 heterocycles. The van der Waals surface area contributed by atoms with Crippen molar-refractivity contribution >= 4 is 11.5 Å². The van der Waals surface area contributed by atoms with Gasteiger partial charge in [-0.15, -0.1) is 5.10 Å². The van der Waals surface area contributed by atoms with Crippen LogP contribution < -0.4 is 15.4 Å². The predicted molar refractivity (Wildman–Crippen MR) is 124 cm³/mol. The Morgan fingerprint density at radius 1 is 1.18 bits per heavy atom. The predicted octanol–water partition coefficient (Wildman–Crippen LogP) is 4.79. The lowest BCUT2D eigenvalue weighted by molar-refractivity contribution is 0.268. The maximum Gasteiger partial charge on any atom is 0.154 e. The van der Waals surface area contributed by atoms with Crippen molar-refractivity contribution in [1.82, 2.24) is 19.9 Å². The Balaban J connectivity index is 1.31. The summed E-state index contributed by atoms with van der Waals surface area (Å²) in [5.41, 5.74) is 3.35. The summed E-state index contributed by atoms with van der Waals surface area (Å²) in [6, 6.07) is 17.9. The van der Waals surface area contributed by atoms with Crippen LogP contribution in [0.2, 0.25) is 0 Å². The van der Waals surface area contributed by atoms with E-state index in [-0.39, 0.29) is 17.9 Å². The average molecular weight is 450 g/mol. The van der Waals surface area contributed by atoms with Crippen molar-refractivity contribution in [3.8, 4) is 17.0 Å². The van der Waals surface area contributed by atoms with Crippen LogP contribution in [-0.2, 0) is 0 Å². The Bertz CT molecular complexity index is 1240. The van der Waals surface area contributed by atoms with Crippen LogP contribution in [0, 0.1) is 5.82 Å². The summed E-state index contributed by atoms with van der Waals surface area (Å²) in [4.78, 5) is 4.45. The molecule has 1 saturated heterocycles. The molecule has 0 saturated carbocycles. The maximum atomic E-state index is 13.6. The number of ether oxygens (including phenoxy) is 1. The quantitative estimate of drug-likeness (QED) is 0.425. The van der Waals surface area contributed by atoms with Gasteiger partial charge in [0.25, 0.3) is 0 Å². The highest BCUT2D eigenvalue weighted by Gasteiger charge is 2.23. The van der Waals surface area contributed by atoms with Crippen molar-refractivity contribution in [2.45, 2.75) is 31.6 Å². The van der Waals surface area contributed by atoms with Gasteiger partial charge in [0.15, 0.2) is 5.65 Å². The van der Waals surface area contributed by atoms with E-state index < -0.39 is 6.17 Å². The van der Waals surface area contributed by atoms with Gasteiger partial charge in [-0.3, -0.25) is 0 Å². The Morgan fingerprint density at radius 2 is 2.03 bits per heavy atom. The number of fused-ring (bicyclic) bond motifs is 1. The van der Waals surface area contributed by atoms with Crippen LogP contribution in [0.5, 0.6) is 5.75 Å². The number of halogens is 2. The van der Waals surface area contributed by atoms with E-state index in [4.69, 9.17) is 9.84 Å². The van der Waals surface area contributed by atoms with Gasteiger partial charge < -0.3 is 15.4 Å². The minimum atomic E-state index is -0.792. The van der Waals surface area contributed by atoms with Gasteiger partial charge in [0.1, 0.15) is 30.2 Å². The van der Waals surface area contributed by atoms with Gasteiger partial charge in [-0.1, -0.05) is 12.1 Å². The van der Waals surface area contributed by atoms with Gasteiger partial charge in [0, 0.05) is 18.2 Å². The second-order valence-corrected chi connectivity index (χ2v) is 8.33. The second kappa shape index (κ2) is 9.15. The first-order chi connectivity index (χ1) is 16.0. The molecule has 0 amide bonds. The lowest BCUT2D eigenvalue weighted by Crippen LogP contribution is -2.28. The summed E-state index contributed by atoms with van der Waals surface area (Å²) >= 11 is 0. The Labute approximate surface area is 190 Å². The summed E-state index contributed by atoms with van der Waals surface area (Å²) in [6.45, 7) is 2.80. The van der Waals surface area contributed by atoms with Crippen molar-refractivity contribution in [3.05, 3.63) is 78.2 Å². The molecule has 170 valence electrons. The molecule has 4 aromatic rings. The fourth-order valence-electron chi connectivity index (χ4n) is 4.04. The molecule has 0 radical (unpaired) electrons. The Kier molecular flexibility index (Phi) is 5.92. The first-order valence-electron chi connectivity index (χ1n) is 11.0. The van der Waals surface area contributed by atoms with Gasteiger partial charge in [0.05, 0.1) is 17.9 Å². The number of hydrogen-bond acceptors (Lipinski definition) is 5. The largest absolute Gasteiger partial charge is 0.492 e. The zero-order chi connectivity index (χ0) is 22.8. The summed E-state index contributed by atoms with van der Waals surface area (Å²) in [5, 5.41) is 11.1. The summed E-state index contributed by atoms with van der Waals surface area (Å²) in [7, 11) is 0. The van der Waals surface area contributed by atoms with E-state index in [0.29, 0.717) is 25.4 Å². The number of alkyl halides is 1. The summed E-state index contributed by atoms with van der Waals surface area (Å²) in [6.07, 6.45) is 1.47. The number of nitrogens with zero attached hydrogens (tertiary/aromatic N) is 3. The fraction of sp³-hybridized carbons (Fsp3) is 0.280. The van der Waals surface area contributed by atoms with Crippen LogP contribution >= 0.6 is 0 Å². The molecule has 8 heteroatoms. The van der Waals surface area contributed by atoms with Crippen molar-refractivity contribution in [2.75, 3.05) is 18.5 Å². The number of anilines is 1. The molecule has 2 N–H and O–H groups in total. The van der Waals surface area contributed by atoms with Crippen LogP contribution in [0.4, 0.5) is 14.6 Å². The van der Waals surface area contributed by atoms with E-state index >= 15 is 0 Å². The molecule has 1 aliphatic heterocycles. The molecule has 5 rings (SSSR count). The van der Waals surface area contributed by atoms with Gasteiger partial charge >= 0.3 is 0 Å². The third-order valence-electron chi connectivity index (χ3n) is 5.84. The molecule has 0 unspecified atom stereocenters. The van der Waals surface area contributed by atoms with Gasteiger partial charge in [-0.25, -0.2) is 18.3 Å². The molecule has 6 nitrogen and oxygen atoms in total. The number of rotatable bonds is 7. The van der Waals surface area contributed by atoms with E-state index in [2.05, 4.69) is 15.6 Å². The third kappa shape index (κ3) is 4.80. The number of imidazole rings is 1. The summed E-state index contributed by atoms with van der Waals surface area (Å²) < 4.78 is 34.4. The highest BCUT2D eigenvalue weighted by atomic mass is 19.1. The molecule has 3 atom stereocenters. The molecule has 33 heavy (non-hydrogen) atoms. The standard InChI is InChI=1S/C25H25F2N5O/c1-16(18-3-2-4-19(26)11-18)30-24-9-10-25-29-14-23(32(25)31-24)17-5-7-22(8-6-17)33-15-21-12-20(27)13-28-21/h2-11,14,16,20-21,28H,12-13,15H2,1H3,(H,30,31)/t16-,20+,21+/m1/s1. The average Bonchev–Trinajstić information content (AvgIpc) is 3.43. The molecule has 2 aromatic heterocycles. The lowest BCUT2D eigenvalue weighted by Gasteiger charge is -2.15. The number of aromatic nitrogens is 3. The Hall–Kier alpha value is -3.52. The van der Waals surface area contributed by atoms with Gasteiger partial charge in [0.2, 0.25) is 0 Å². The molecule has 1 aliphatic rings. The number of benzene rings is 2. The molecular weight excluding hydrogens is 424 g/mol. The molecule has 2 aromatic carbocycles. The van der Waals surface area contributed by atoms with Crippen molar-refractivity contribution in [3.63, 3.8) is 0 Å². The maximum absolute atomic E-state index is 13.6. The molecular formula is C25H25F2N5O. The zero-order valence-corrected chi connectivity index (χ0v) is 18.2. The van der Waals surface area contributed by atoms with Crippen molar-refractivity contribution < 1.29 is 13.5 Å². The van der Waals surface area contributed by atoms with Crippen LogP contribution in [0.3, 0.4) is 0 Å². The first-order valence-corrected chi connectivity index (χ1v) is 11.0. The number of hydrogen-bond donors (Lipinski definition) is 2. The van der Waals surface area contributed by atoms with E-state index in [1.54, 1.807) is 16.8 Å². The first kappa shape index (κ1) is 21.3. The second-order valence-electron chi connectivity index (χ2n) is 8.33. The van der Waals surface area contributed by atoms with E-state index in [9.17, 15) is 8.78 Å². The smallest absolute Gasteiger partial charge is 0.154 e. The molecule has 0 bridgehead atoms. The van der Waals surface area contributed by atoms with Crippen molar-refractivity contribution in [1.29, 1.82) is 0 Å². The van der Waals surface area contributed by atoms with E-state index in [1.165, 1.54) is 12.1 Å². The van der Waals surface area contributed by atoms with Crippen LogP contribution in [-0.4, -0.2) is 40.0 Å². The fourth-order valence-corrected chi connectivity index (χ4v) is 4.04. The third-order valence-corrected chi connectivity index (χ3v) is 5.84. The molecule has 0 spiro atoms. The highest BCUT2D eigenvalue weighted by molar-refractivity contribution is 5.64. The molecule has 0 aliphatic carbocycles. The zero-order valence-electron chi connectivity index (χ0n) is 18.2. The van der Waals surface area contributed by atoms with Crippen LogP contribution in [0.15, 0.2) is 66.9 Å². The Morgan fingerprint density at radius 3 is 2.79 bits per heavy atom. The molecule has 1 fully saturated rings. The number of nitrogens with one attached hydrogen (secondary N) is 2. The van der Waals surface area contributed by atoms with E-state index in [0.717, 1.165) is 28.2 Å². The topological polar surface area (TPSA) is 63.5 Å². The van der Waals surface area contributed by atoms with Crippen molar-refractivity contribution in [2.24, 2.45) is 0 Å². The van der Waals surface area contributed by atoms with Gasteiger partial charge in [-0.2, -0.15) is 0 Å². The SMILES string of the molecule is C[C@@H](Nc1ccc2ncc(-c3ccc(OC[C@@H]4C[C@H](F)CN4)cc3)n2n1)c1cccc(F)c1. The van der Waals surface area contributed by atoms with E-state index in [1.807, 2.05) is 49.4 Å². The lowest BCUT2D eigenvalue weighted by atomic mass is 10.1. The van der Waals surface area contributed by atoms with Gasteiger partial charge in [-0.05, 0) is 67.4 Å². The van der Waals surface area contributed by atoms with Crippen LogP contribution in [0.1, 0.15) is 24.9 Å². The highest BCUT2D eigenvalue weighted by Crippen LogP contribution is 2.25. The minimum absolute atomic E-state index is 0.0448. The normalized spacial score (nSPS) is 19.0. The summed E-state index contributed by atoms with van der Waals surface area (Å²) in [5.74, 6) is 1.13. The van der Waals surface area contributed by atoms with Crippen LogP contribution in [0.25, 0.3) is 16.9 Å². The monoisotopic (exact) mass is 449 g/mol.